The molecule has 2 aromatic heterocycles. The summed E-state index contributed by atoms with van der Waals surface area (Å²) in [6.07, 6.45) is 4.28. The fraction of sp³-hybridized carbons (Fsp3) is 0.500. The zero-order valence-electron chi connectivity index (χ0n) is 11.8. The number of nitrogens with one attached hydrogen (secondary N) is 1. The number of anilines is 2. The van der Waals surface area contributed by atoms with Gasteiger partial charge in [0.05, 0.1) is 0 Å². The summed E-state index contributed by atoms with van der Waals surface area (Å²) in [7, 11) is 0. The minimum absolute atomic E-state index is 0.556. The van der Waals surface area contributed by atoms with Crippen LogP contribution >= 0.6 is 12.2 Å². The molecule has 7 heteroatoms. The van der Waals surface area contributed by atoms with Crippen LogP contribution in [0.1, 0.15) is 18.9 Å². The van der Waals surface area contributed by atoms with E-state index in [2.05, 4.69) is 35.6 Å². The largest absolute Gasteiger partial charge is 0.353 e. The Labute approximate surface area is 128 Å². The number of aromatic amines is 1. The first-order chi connectivity index (χ1) is 10.3. The monoisotopic (exact) mass is 302 g/mol. The van der Waals surface area contributed by atoms with E-state index in [1.54, 1.807) is 0 Å². The van der Waals surface area contributed by atoms with E-state index in [0.29, 0.717) is 6.04 Å². The van der Waals surface area contributed by atoms with Gasteiger partial charge in [-0.3, -0.25) is 4.57 Å². The maximum absolute atomic E-state index is 5.36. The maximum Gasteiger partial charge on any atom is 0.226 e. The highest BCUT2D eigenvalue weighted by molar-refractivity contribution is 7.71. The van der Waals surface area contributed by atoms with Crippen molar-refractivity contribution in [3.63, 3.8) is 0 Å². The molecule has 1 N–H and O–H groups in total. The minimum atomic E-state index is 0.556. The Kier molecular flexibility index (Phi) is 3.14. The first-order valence-electron chi connectivity index (χ1n) is 7.41. The highest BCUT2D eigenvalue weighted by atomic mass is 32.1. The van der Waals surface area contributed by atoms with Gasteiger partial charge in [0.2, 0.25) is 5.95 Å². The van der Waals surface area contributed by atoms with Crippen molar-refractivity contribution in [2.45, 2.75) is 18.9 Å². The Morgan fingerprint density at radius 3 is 2.52 bits per heavy atom. The molecule has 1 saturated heterocycles. The normalized spacial score (nSPS) is 19.0. The third kappa shape index (κ3) is 2.42. The second-order valence-corrected chi connectivity index (χ2v) is 5.98. The summed E-state index contributed by atoms with van der Waals surface area (Å²) in [5, 5.41) is 7.38. The Morgan fingerprint density at radius 1 is 1.10 bits per heavy atom. The first kappa shape index (κ1) is 12.8. The summed E-state index contributed by atoms with van der Waals surface area (Å²) in [6.45, 7) is 3.81. The van der Waals surface area contributed by atoms with Crippen LogP contribution in [-0.2, 0) is 0 Å². The van der Waals surface area contributed by atoms with E-state index in [9.17, 15) is 0 Å². The molecule has 110 valence electrons. The van der Waals surface area contributed by atoms with Crippen LogP contribution in [0.25, 0.3) is 0 Å². The number of aromatic nitrogens is 4. The Balaban J connectivity index is 1.49. The molecule has 1 aliphatic heterocycles. The summed E-state index contributed by atoms with van der Waals surface area (Å²) in [5.41, 5.74) is 0. The molecule has 0 spiro atoms. The third-order valence-electron chi connectivity index (χ3n) is 4.13. The minimum Gasteiger partial charge on any atom is -0.353 e. The van der Waals surface area contributed by atoms with Gasteiger partial charge in [-0.2, -0.15) is 0 Å². The van der Waals surface area contributed by atoms with Crippen LogP contribution in [-0.4, -0.2) is 45.9 Å². The van der Waals surface area contributed by atoms with E-state index in [1.807, 2.05) is 18.3 Å². The lowest BCUT2D eigenvalue weighted by atomic mass is 10.3. The topological polar surface area (TPSA) is 53.0 Å². The zero-order valence-corrected chi connectivity index (χ0v) is 12.6. The van der Waals surface area contributed by atoms with Crippen molar-refractivity contribution in [2.75, 3.05) is 36.0 Å². The summed E-state index contributed by atoms with van der Waals surface area (Å²) in [4.78, 5) is 9.07. The molecule has 0 amide bonds. The first-order valence-corrected chi connectivity index (χ1v) is 7.81. The molecule has 1 saturated carbocycles. The van der Waals surface area contributed by atoms with Gasteiger partial charge >= 0.3 is 0 Å². The van der Waals surface area contributed by atoms with Crippen molar-refractivity contribution in [1.29, 1.82) is 0 Å². The number of hydrogen-bond acceptors (Lipinski definition) is 5. The van der Waals surface area contributed by atoms with Crippen molar-refractivity contribution < 1.29 is 0 Å². The number of H-pyrrole nitrogens is 1. The van der Waals surface area contributed by atoms with E-state index in [1.165, 1.54) is 12.8 Å². The van der Waals surface area contributed by atoms with Crippen LogP contribution < -0.4 is 9.80 Å². The lowest BCUT2D eigenvalue weighted by molar-refractivity contribution is 0.609. The van der Waals surface area contributed by atoms with E-state index in [4.69, 9.17) is 12.2 Å². The molecular weight excluding hydrogens is 284 g/mol. The third-order valence-corrected chi connectivity index (χ3v) is 4.42. The van der Waals surface area contributed by atoms with Gasteiger partial charge in [0.1, 0.15) is 5.82 Å². The van der Waals surface area contributed by atoms with Gasteiger partial charge in [-0.25, -0.2) is 10.1 Å². The number of piperazine rings is 1. The second-order valence-electron chi connectivity index (χ2n) is 5.59. The Morgan fingerprint density at radius 2 is 1.86 bits per heavy atom. The Hall–Kier alpha value is -1.89. The van der Waals surface area contributed by atoms with Crippen molar-refractivity contribution in [1.82, 2.24) is 19.7 Å². The molecule has 0 radical (unpaired) electrons. The van der Waals surface area contributed by atoms with E-state index in [0.717, 1.165) is 42.7 Å². The zero-order chi connectivity index (χ0) is 14.2. The molecule has 0 unspecified atom stereocenters. The van der Waals surface area contributed by atoms with Gasteiger partial charge in [0.15, 0.2) is 4.77 Å². The van der Waals surface area contributed by atoms with Crippen LogP contribution in [0.3, 0.4) is 0 Å². The quantitative estimate of drug-likeness (QED) is 0.879. The average molecular weight is 302 g/mol. The van der Waals surface area contributed by atoms with Gasteiger partial charge in [-0.05, 0) is 37.2 Å². The number of hydrogen-bond donors (Lipinski definition) is 1. The van der Waals surface area contributed by atoms with E-state index >= 15 is 0 Å². The van der Waals surface area contributed by atoms with Crippen molar-refractivity contribution in [3.8, 4) is 0 Å². The van der Waals surface area contributed by atoms with Gasteiger partial charge in [-0.15, -0.1) is 5.10 Å². The molecule has 1 aliphatic carbocycles. The van der Waals surface area contributed by atoms with E-state index in [-0.39, 0.29) is 0 Å². The summed E-state index contributed by atoms with van der Waals surface area (Å²) < 4.78 is 2.94. The molecule has 6 nitrogen and oxygen atoms in total. The molecule has 2 aliphatic rings. The van der Waals surface area contributed by atoms with Crippen LogP contribution in [0.5, 0.6) is 0 Å². The maximum atomic E-state index is 5.36. The molecule has 4 rings (SSSR count). The van der Waals surface area contributed by atoms with Crippen LogP contribution in [0, 0.1) is 4.77 Å². The summed E-state index contributed by atoms with van der Waals surface area (Å²) in [6, 6.07) is 6.61. The van der Waals surface area contributed by atoms with Gasteiger partial charge in [0.25, 0.3) is 0 Å². The number of pyridine rings is 1. The highest BCUT2D eigenvalue weighted by Gasteiger charge is 2.30. The van der Waals surface area contributed by atoms with Crippen molar-refractivity contribution in [3.05, 3.63) is 29.2 Å². The molecule has 0 atom stereocenters. The fourth-order valence-corrected chi connectivity index (χ4v) is 3.13. The number of nitrogens with zero attached hydrogens (tertiary/aromatic N) is 5. The Bertz CT molecular complexity index is 666. The fourth-order valence-electron chi connectivity index (χ4n) is 2.86. The smallest absolute Gasteiger partial charge is 0.226 e. The summed E-state index contributed by atoms with van der Waals surface area (Å²) in [5.74, 6) is 2.06. The van der Waals surface area contributed by atoms with Gasteiger partial charge in [0, 0.05) is 38.4 Å². The van der Waals surface area contributed by atoms with Crippen molar-refractivity contribution >= 4 is 24.0 Å². The van der Waals surface area contributed by atoms with E-state index < -0.39 is 0 Å². The molecule has 0 bridgehead atoms. The second kappa shape index (κ2) is 5.14. The lowest BCUT2D eigenvalue weighted by Gasteiger charge is -2.35. The van der Waals surface area contributed by atoms with Crippen LogP contribution in [0.15, 0.2) is 24.4 Å². The molecule has 3 heterocycles. The molecule has 2 fully saturated rings. The van der Waals surface area contributed by atoms with Gasteiger partial charge in [-0.1, -0.05) is 6.07 Å². The molecule has 21 heavy (non-hydrogen) atoms. The number of rotatable bonds is 3. The van der Waals surface area contributed by atoms with Gasteiger partial charge < -0.3 is 9.80 Å². The summed E-state index contributed by atoms with van der Waals surface area (Å²) >= 11 is 5.36. The average Bonchev–Trinajstić information content (AvgIpc) is 3.31. The predicted molar refractivity (Wildman–Crippen MR) is 84.3 cm³/mol. The molecule has 2 aromatic rings. The predicted octanol–water partition coefficient (Wildman–Crippen LogP) is 2.00. The highest BCUT2D eigenvalue weighted by Crippen LogP contribution is 2.38. The standard InChI is InChI=1S/C14H18N6S/c21-14-17-16-13(20(14)11-4-5-11)19-9-7-18(8-10-19)12-3-1-2-6-15-12/h1-3,6,11H,4-5,7-10H2,(H,17,21). The lowest BCUT2D eigenvalue weighted by Crippen LogP contribution is -2.47. The SMILES string of the molecule is S=c1[nH]nc(N2CCN(c3ccccn3)CC2)n1C1CC1. The molecule has 0 aromatic carbocycles. The van der Waals surface area contributed by atoms with Crippen LogP contribution in [0.2, 0.25) is 0 Å². The van der Waals surface area contributed by atoms with Crippen molar-refractivity contribution in [2.24, 2.45) is 0 Å². The molecular formula is C14H18N6S. The van der Waals surface area contributed by atoms with Crippen LogP contribution in [0.4, 0.5) is 11.8 Å².